The number of nitrogen functional groups attached to an aromatic ring is 1. The zero-order chi connectivity index (χ0) is 16.7. The van der Waals surface area contributed by atoms with Gasteiger partial charge in [0.2, 0.25) is 0 Å². The van der Waals surface area contributed by atoms with Crippen molar-refractivity contribution in [2.45, 2.75) is 18.8 Å². The second kappa shape index (κ2) is 5.57. The summed E-state index contributed by atoms with van der Waals surface area (Å²) in [5, 5.41) is 19.1. The summed E-state index contributed by atoms with van der Waals surface area (Å²) < 4.78 is 0. The Morgan fingerprint density at radius 2 is 1.38 bits per heavy atom. The lowest BCUT2D eigenvalue weighted by Crippen LogP contribution is -2.01. The van der Waals surface area contributed by atoms with Crippen molar-refractivity contribution in [1.82, 2.24) is 4.98 Å². The van der Waals surface area contributed by atoms with Gasteiger partial charge in [-0.2, -0.15) is 0 Å². The van der Waals surface area contributed by atoms with Gasteiger partial charge in [-0.3, -0.25) is 0 Å². The lowest BCUT2D eigenvalue weighted by Gasteiger charge is -2.17. The molecule has 4 N–H and O–H groups in total. The molecule has 4 heteroatoms. The number of hydrogen-bond acceptors (Lipinski definition) is 4. The van der Waals surface area contributed by atoms with Gasteiger partial charge in [0.25, 0.3) is 0 Å². The molecule has 0 amide bonds. The third-order valence-corrected chi connectivity index (χ3v) is 4.47. The molecule has 4 nitrogen and oxygen atoms in total. The Balaban J connectivity index is 1.94. The van der Waals surface area contributed by atoms with Crippen molar-refractivity contribution in [2.24, 2.45) is 0 Å². The van der Waals surface area contributed by atoms with Gasteiger partial charge in [-0.1, -0.05) is 24.3 Å². The SMILES string of the molecule is Nc1ncc(-c2ccc(O)cc2)c(C2CC2)c1-c1ccc(O)cc1. The normalized spacial score (nSPS) is 13.8. The molecule has 1 heterocycles. The number of hydrogen-bond donors (Lipinski definition) is 3. The quantitative estimate of drug-likeness (QED) is 0.673. The van der Waals surface area contributed by atoms with E-state index in [-0.39, 0.29) is 11.5 Å². The number of nitrogens with zero attached hydrogens (tertiary/aromatic N) is 1. The minimum Gasteiger partial charge on any atom is -0.508 e. The maximum atomic E-state index is 9.55. The number of nitrogens with two attached hydrogens (primary N) is 1. The minimum atomic E-state index is 0.230. The predicted molar refractivity (Wildman–Crippen MR) is 94.8 cm³/mol. The van der Waals surface area contributed by atoms with Crippen molar-refractivity contribution in [3.63, 3.8) is 0 Å². The highest BCUT2D eigenvalue weighted by Gasteiger charge is 2.31. The Bertz CT molecular complexity index is 883. The van der Waals surface area contributed by atoms with Crippen LogP contribution in [-0.4, -0.2) is 15.2 Å². The van der Waals surface area contributed by atoms with E-state index in [1.165, 1.54) is 5.56 Å². The molecule has 1 aromatic heterocycles. The highest BCUT2D eigenvalue weighted by Crippen LogP contribution is 2.50. The third kappa shape index (κ3) is 2.56. The maximum absolute atomic E-state index is 9.55. The lowest BCUT2D eigenvalue weighted by molar-refractivity contribution is 0.475. The molecular weight excluding hydrogens is 300 g/mol. The monoisotopic (exact) mass is 318 g/mol. The van der Waals surface area contributed by atoms with E-state index in [0.717, 1.165) is 35.1 Å². The Hall–Kier alpha value is -3.01. The van der Waals surface area contributed by atoms with Gasteiger partial charge in [0.1, 0.15) is 17.3 Å². The van der Waals surface area contributed by atoms with Crippen molar-refractivity contribution >= 4 is 5.82 Å². The smallest absolute Gasteiger partial charge is 0.131 e. The number of pyridine rings is 1. The van der Waals surface area contributed by atoms with Gasteiger partial charge < -0.3 is 15.9 Å². The minimum absolute atomic E-state index is 0.230. The van der Waals surface area contributed by atoms with Crippen LogP contribution in [0.3, 0.4) is 0 Å². The number of aromatic hydroxyl groups is 2. The number of rotatable bonds is 3. The average Bonchev–Trinajstić information content (AvgIpc) is 3.41. The molecule has 1 aliphatic carbocycles. The number of benzene rings is 2. The van der Waals surface area contributed by atoms with E-state index < -0.39 is 0 Å². The Labute approximate surface area is 140 Å². The number of anilines is 1. The topological polar surface area (TPSA) is 79.4 Å². The number of phenolic OH excluding ortho intramolecular Hbond substituents is 2. The van der Waals surface area contributed by atoms with Gasteiger partial charge in [-0.15, -0.1) is 0 Å². The van der Waals surface area contributed by atoms with Crippen molar-refractivity contribution in [3.8, 4) is 33.8 Å². The zero-order valence-corrected chi connectivity index (χ0v) is 13.1. The van der Waals surface area contributed by atoms with Gasteiger partial charge in [-0.25, -0.2) is 4.98 Å². The average molecular weight is 318 g/mol. The van der Waals surface area contributed by atoms with E-state index in [0.29, 0.717) is 11.7 Å². The largest absolute Gasteiger partial charge is 0.508 e. The summed E-state index contributed by atoms with van der Waals surface area (Å²) in [5.74, 6) is 1.45. The molecule has 0 spiro atoms. The summed E-state index contributed by atoms with van der Waals surface area (Å²) in [4.78, 5) is 4.40. The first-order valence-electron chi connectivity index (χ1n) is 8.00. The highest BCUT2D eigenvalue weighted by atomic mass is 16.3. The van der Waals surface area contributed by atoms with Gasteiger partial charge >= 0.3 is 0 Å². The Morgan fingerprint density at radius 1 is 0.833 bits per heavy atom. The van der Waals surface area contributed by atoms with Crippen LogP contribution in [0.1, 0.15) is 24.3 Å². The summed E-state index contributed by atoms with van der Waals surface area (Å²) >= 11 is 0. The van der Waals surface area contributed by atoms with Crippen LogP contribution >= 0.6 is 0 Å². The lowest BCUT2D eigenvalue weighted by atomic mass is 9.90. The van der Waals surface area contributed by atoms with Crippen molar-refractivity contribution in [3.05, 3.63) is 60.3 Å². The van der Waals surface area contributed by atoms with Crippen molar-refractivity contribution < 1.29 is 10.2 Å². The molecule has 120 valence electrons. The Kier molecular flexibility index (Phi) is 3.38. The molecule has 0 bridgehead atoms. The van der Waals surface area contributed by atoms with E-state index >= 15 is 0 Å². The molecule has 1 saturated carbocycles. The van der Waals surface area contributed by atoms with Crippen LogP contribution in [0.4, 0.5) is 5.82 Å². The predicted octanol–water partition coefficient (Wildman–Crippen LogP) is 4.29. The zero-order valence-electron chi connectivity index (χ0n) is 13.1. The first-order chi connectivity index (χ1) is 11.6. The fourth-order valence-electron chi connectivity index (χ4n) is 3.14. The van der Waals surface area contributed by atoms with Gasteiger partial charge in [0.05, 0.1) is 0 Å². The number of phenols is 2. The number of aromatic nitrogens is 1. The molecule has 0 radical (unpaired) electrons. The first-order valence-corrected chi connectivity index (χ1v) is 8.00. The van der Waals surface area contributed by atoms with E-state index in [9.17, 15) is 10.2 Å². The molecule has 0 atom stereocenters. The van der Waals surface area contributed by atoms with Crippen molar-refractivity contribution in [1.29, 1.82) is 0 Å². The summed E-state index contributed by atoms with van der Waals surface area (Å²) in [6.45, 7) is 0. The molecule has 2 aromatic carbocycles. The summed E-state index contributed by atoms with van der Waals surface area (Å²) in [7, 11) is 0. The molecule has 3 aromatic rings. The van der Waals surface area contributed by atoms with E-state index in [1.807, 2.05) is 30.5 Å². The summed E-state index contributed by atoms with van der Waals surface area (Å²) in [6, 6.07) is 14.2. The highest BCUT2D eigenvalue weighted by molar-refractivity contribution is 5.85. The molecule has 4 rings (SSSR count). The van der Waals surface area contributed by atoms with E-state index in [2.05, 4.69) is 4.98 Å². The first kappa shape index (κ1) is 14.6. The maximum Gasteiger partial charge on any atom is 0.131 e. The second-order valence-electron chi connectivity index (χ2n) is 6.21. The van der Waals surface area contributed by atoms with Crippen LogP contribution in [0.15, 0.2) is 54.7 Å². The molecule has 0 aliphatic heterocycles. The van der Waals surface area contributed by atoms with Crippen LogP contribution in [0.25, 0.3) is 22.3 Å². The van der Waals surface area contributed by atoms with Gasteiger partial charge in [-0.05, 0) is 59.7 Å². The van der Waals surface area contributed by atoms with Crippen molar-refractivity contribution in [2.75, 3.05) is 5.73 Å². The summed E-state index contributed by atoms with van der Waals surface area (Å²) in [6.07, 6.45) is 4.10. The summed E-state index contributed by atoms with van der Waals surface area (Å²) in [5.41, 5.74) is 11.4. The molecule has 1 aliphatic rings. The van der Waals surface area contributed by atoms with Gasteiger partial charge in [0, 0.05) is 17.3 Å². The van der Waals surface area contributed by atoms with E-state index in [4.69, 9.17) is 5.73 Å². The molecule has 0 saturated heterocycles. The van der Waals surface area contributed by atoms with Crippen LogP contribution in [0.2, 0.25) is 0 Å². The third-order valence-electron chi connectivity index (χ3n) is 4.47. The van der Waals surface area contributed by atoms with Crippen LogP contribution in [0, 0.1) is 0 Å². The van der Waals surface area contributed by atoms with Crippen LogP contribution < -0.4 is 5.73 Å². The van der Waals surface area contributed by atoms with Gasteiger partial charge in [0.15, 0.2) is 0 Å². The van der Waals surface area contributed by atoms with Crippen LogP contribution in [0.5, 0.6) is 11.5 Å². The fourth-order valence-corrected chi connectivity index (χ4v) is 3.14. The Morgan fingerprint density at radius 3 is 1.92 bits per heavy atom. The molecular formula is C20H18N2O2. The fraction of sp³-hybridized carbons (Fsp3) is 0.150. The van der Waals surface area contributed by atoms with Crippen LogP contribution in [-0.2, 0) is 0 Å². The standard InChI is InChI=1S/C20H18N2O2/c21-20-19(14-5-9-16(24)10-6-14)18(13-1-2-13)17(11-22-20)12-3-7-15(23)8-4-12/h3-11,13,23-24H,1-2H2,(H2,21,22). The molecule has 1 fully saturated rings. The second-order valence-corrected chi connectivity index (χ2v) is 6.21. The molecule has 24 heavy (non-hydrogen) atoms. The van der Waals surface area contributed by atoms with E-state index in [1.54, 1.807) is 24.3 Å². The molecule has 0 unspecified atom stereocenters.